The maximum Gasteiger partial charge on any atom is 0.338 e. The summed E-state index contributed by atoms with van der Waals surface area (Å²) in [6.07, 6.45) is 8.22. The van der Waals surface area contributed by atoms with Gasteiger partial charge in [-0.3, -0.25) is 10.1 Å². The molecule has 0 bridgehead atoms. The Labute approximate surface area is 178 Å². The monoisotopic (exact) mass is 419 g/mol. The van der Waals surface area contributed by atoms with Gasteiger partial charge in [-0.2, -0.15) is 0 Å². The van der Waals surface area contributed by atoms with Gasteiger partial charge in [0.25, 0.3) is 5.69 Å². The zero-order valence-corrected chi connectivity index (χ0v) is 18.4. The van der Waals surface area contributed by atoms with E-state index in [2.05, 4.69) is 19.9 Å². The van der Waals surface area contributed by atoms with Gasteiger partial charge in [0.05, 0.1) is 10.5 Å². The molecule has 2 rings (SSSR count). The Morgan fingerprint density at radius 1 is 1.23 bits per heavy atom. The fraction of sp³-hybridized carbons (Fsp3) is 0.609. The van der Waals surface area contributed by atoms with Gasteiger partial charge in [-0.15, -0.1) is 0 Å². The smallest absolute Gasteiger partial charge is 0.338 e. The van der Waals surface area contributed by atoms with E-state index in [0.29, 0.717) is 5.56 Å². The van der Waals surface area contributed by atoms with Gasteiger partial charge in [-0.25, -0.2) is 4.79 Å². The predicted molar refractivity (Wildman–Crippen MR) is 114 cm³/mol. The van der Waals surface area contributed by atoms with Gasteiger partial charge in [0.15, 0.2) is 6.29 Å². The summed E-state index contributed by atoms with van der Waals surface area (Å²) in [6.45, 7) is 4.47. The third-order valence-electron chi connectivity index (χ3n) is 5.57. The summed E-state index contributed by atoms with van der Waals surface area (Å²) < 4.78 is 16.2. The van der Waals surface area contributed by atoms with Crippen molar-refractivity contribution in [3.05, 3.63) is 51.6 Å². The number of hydrogen-bond donors (Lipinski definition) is 0. The Morgan fingerprint density at radius 2 is 1.90 bits per heavy atom. The number of nitro groups is 1. The second-order valence-electron chi connectivity index (χ2n) is 8.54. The zero-order valence-electron chi connectivity index (χ0n) is 18.4. The highest BCUT2D eigenvalue weighted by Crippen LogP contribution is 2.40. The van der Waals surface area contributed by atoms with Gasteiger partial charge in [0.1, 0.15) is 6.10 Å². The van der Waals surface area contributed by atoms with Gasteiger partial charge >= 0.3 is 5.97 Å². The van der Waals surface area contributed by atoms with Crippen LogP contribution in [0, 0.1) is 15.5 Å². The normalized spacial score (nSPS) is 19.8. The van der Waals surface area contributed by atoms with Crippen LogP contribution in [0.5, 0.6) is 0 Å². The lowest BCUT2D eigenvalue weighted by Crippen LogP contribution is -2.31. The molecule has 0 N–H and O–H groups in total. The van der Waals surface area contributed by atoms with Crippen LogP contribution < -0.4 is 0 Å². The third kappa shape index (κ3) is 7.22. The highest BCUT2D eigenvalue weighted by Gasteiger charge is 2.32. The SMILES string of the molecule is COC(CCCC/C=C1/CC(C)(C)CC[C@@H]1OC(=O)c1ccc([N+](=O)[O-])cc1)OC. The number of esters is 1. The molecule has 7 nitrogen and oxygen atoms in total. The zero-order chi connectivity index (χ0) is 22.1. The summed E-state index contributed by atoms with van der Waals surface area (Å²) in [5.74, 6) is -0.441. The summed E-state index contributed by atoms with van der Waals surface area (Å²) in [7, 11) is 3.29. The van der Waals surface area contributed by atoms with Crippen molar-refractivity contribution >= 4 is 11.7 Å². The molecule has 0 saturated heterocycles. The van der Waals surface area contributed by atoms with Gasteiger partial charge < -0.3 is 14.2 Å². The van der Waals surface area contributed by atoms with E-state index in [1.54, 1.807) is 14.2 Å². The Morgan fingerprint density at radius 3 is 2.50 bits per heavy atom. The molecule has 1 fully saturated rings. The molecule has 1 aromatic rings. The second-order valence-corrected chi connectivity index (χ2v) is 8.54. The van der Waals surface area contributed by atoms with E-state index in [-0.39, 0.29) is 23.5 Å². The van der Waals surface area contributed by atoms with E-state index in [0.717, 1.165) is 50.5 Å². The molecule has 0 aromatic heterocycles. The van der Waals surface area contributed by atoms with Crippen molar-refractivity contribution < 1.29 is 23.9 Å². The summed E-state index contributed by atoms with van der Waals surface area (Å²) in [6, 6.07) is 5.53. The van der Waals surface area contributed by atoms with E-state index >= 15 is 0 Å². The molecule has 1 aliphatic carbocycles. The molecule has 0 amide bonds. The Bertz CT molecular complexity index is 737. The summed E-state index contributed by atoms with van der Waals surface area (Å²) in [5, 5.41) is 10.8. The summed E-state index contributed by atoms with van der Waals surface area (Å²) >= 11 is 0. The number of carbonyl (C=O) groups is 1. The maximum absolute atomic E-state index is 12.6. The largest absolute Gasteiger partial charge is 0.454 e. The number of non-ortho nitro benzene ring substituents is 1. The highest BCUT2D eigenvalue weighted by atomic mass is 16.7. The number of hydrogen-bond acceptors (Lipinski definition) is 6. The van der Waals surface area contributed by atoms with Crippen LogP contribution in [-0.2, 0) is 14.2 Å². The first-order valence-corrected chi connectivity index (χ1v) is 10.5. The molecule has 0 spiro atoms. The standard InChI is InChI=1S/C23H33NO6/c1-23(2)15-14-20(18(16-23)8-6-5-7-9-21(28-3)29-4)30-22(25)17-10-12-19(13-11-17)24(26)27/h8,10-13,20-21H,5-7,9,14-16H2,1-4H3/b18-8-/t20-/m0/s1. The number of nitro benzene ring substituents is 1. The molecule has 1 aliphatic rings. The predicted octanol–water partition coefficient (Wildman–Crippen LogP) is 5.44. The topological polar surface area (TPSA) is 87.9 Å². The molecule has 0 aliphatic heterocycles. The van der Waals surface area contributed by atoms with E-state index in [9.17, 15) is 14.9 Å². The van der Waals surface area contributed by atoms with E-state index in [1.165, 1.54) is 24.3 Å². The molecule has 30 heavy (non-hydrogen) atoms. The van der Waals surface area contributed by atoms with Crippen LogP contribution in [0.2, 0.25) is 0 Å². The highest BCUT2D eigenvalue weighted by molar-refractivity contribution is 5.89. The van der Waals surface area contributed by atoms with Crippen molar-refractivity contribution in [3.63, 3.8) is 0 Å². The van der Waals surface area contributed by atoms with Crippen molar-refractivity contribution in [2.75, 3.05) is 14.2 Å². The van der Waals surface area contributed by atoms with Crippen LogP contribution in [0.25, 0.3) is 0 Å². The number of methoxy groups -OCH3 is 2. The average molecular weight is 420 g/mol. The first kappa shape index (κ1) is 24.0. The van der Waals surface area contributed by atoms with Crippen molar-refractivity contribution in [1.29, 1.82) is 0 Å². The molecule has 0 radical (unpaired) electrons. The van der Waals surface area contributed by atoms with Gasteiger partial charge in [-0.1, -0.05) is 19.9 Å². The molecule has 0 heterocycles. The first-order valence-electron chi connectivity index (χ1n) is 10.5. The fourth-order valence-electron chi connectivity index (χ4n) is 3.79. The van der Waals surface area contributed by atoms with Crippen LogP contribution in [0.4, 0.5) is 5.69 Å². The van der Waals surface area contributed by atoms with Crippen molar-refractivity contribution in [1.82, 2.24) is 0 Å². The summed E-state index contributed by atoms with van der Waals surface area (Å²) in [4.78, 5) is 22.9. The molecule has 1 atom stereocenters. The lowest BCUT2D eigenvalue weighted by atomic mass is 9.73. The number of carbonyl (C=O) groups excluding carboxylic acids is 1. The average Bonchev–Trinajstić information content (AvgIpc) is 2.72. The fourth-order valence-corrected chi connectivity index (χ4v) is 3.79. The number of rotatable bonds is 10. The molecule has 1 aromatic carbocycles. The van der Waals surface area contributed by atoms with Gasteiger partial charge in [0, 0.05) is 26.4 Å². The molecule has 7 heteroatoms. The molecule has 0 unspecified atom stereocenters. The third-order valence-corrected chi connectivity index (χ3v) is 5.57. The van der Waals surface area contributed by atoms with Crippen molar-refractivity contribution in [2.24, 2.45) is 5.41 Å². The lowest BCUT2D eigenvalue weighted by molar-refractivity contribution is -0.384. The van der Waals surface area contributed by atoms with E-state index in [1.807, 2.05) is 0 Å². The maximum atomic E-state index is 12.6. The number of allylic oxidation sites excluding steroid dienone is 1. The minimum Gasteiger partial charge on any atom is -0.454 e. The Kier molecular flexibility index (Phi) is 8.99. The summed E-state index contributed by atoms with van der Waals surface area (Å²) in [5.41, 5.74) is 1.63. The minimum atomic E-state index is -0.485. The van der Waals surface area contributed by atoms with Crippen LogP contribution in [-0.4, -0.2) is 37.5 Å². The van der Waals surface area contributed by atoms with E-state index in [4.69, 9.17) is 14.2 Å². The first-order chi connectivity index (χ1) is 14.3. The lowest BCUT2D eigenvalue weighted by Gasteiger charge is -2.36. The van der Waals surface area contributed by atoms with Gasteiger partial charge in [-0.05, 0) is 68.1 Å². The van der Waals surface area contributed by atoms with E-state index < -0.39 is 10.9 Å². The number of ether oxygens (including phenoxy) is 3. The van der Waals surface area contributed by atoms with Gasteiger partial charge in [0.2, 0.25) is 0 Å². The molecule has 166 valence electrons. The Hall–Kier alpha value is -2.25. The van der Waals surface area contributed by atoms with Crippen LogP contribution in [0.1, 0.15) is 69.2 Å². The Balaban J connectivity index is 1.97. The quantitative estimate of drug-likeness (QED) is 0.125. The number of unbranched alkanes of at least 4 members (excludes halogenated alkanes) is 2. The molecule has 1 saturated carbocycles. The number of benzene rings is 1. The second kappa shape index (κ2) is 11.2. The van der Waals surface area contributed by atoms with Crippen molar-refractivity contribution in [2.45, 2.75) is 71.2 Å². The molecular weight excluding hydrogens is 386 g/mol. The van der Waals surface area contributed by atoms with Crippen molar-refractivity contribution in [3.8, 4) is 0 Å². The van der Waals surface area contributed by atoms with Crippen LogP contribution in [0.3, 0.4) is 0 Å². The van der Waals surface area contributed by atoms with Crippen LogP contribution >= 0.6 is 0 Å². The van der Waals surface area contributed by atoms with Crippen LogP contribution in [0.15, 0.2) is 35.9 Å². The molecular formula is C23H33NO6. The minimum absolute atomic E-state index is 0.0456. The number of nitrogens with zero attached hydrogens (tertiary/aromatic N) is 1.